The second-order valence-corrected chi connectivity index (χ2v) is 11.3. The Morgan fingerprint density at radius 1 is 1.18 bits per heavy atom. The average Bonchev–Trinajstić information content (AvgIpc) is 3.51. The molecule has 0 amide bonds. The van der Waals surface area contributed by atoms with Crippen molar-refractivity contribution in [3.05, 3.63) is 120 Å². The highest BCUT2D eigenvalue weighted by Gasteiger charge is 2.33. The smallest absolute Gasteiger partial charge is 0.338 e. The lowest BCUT2D eigenvalue weighted by atomic mass is 9.96. The highest BCUT2D eigenvalue weighted by Crippen LogP contribution is 2.32. The van der Waals surface area contributed by atoms with E-state index in [9.17, 15) is 9.59 Å². The van der Waals surface area contributed by atoms with E-state index in [2.05, 4.69) is 27.5 Å². The normalized spacial score (nSPS) is 15.2. The maximum absolute atomic E-state index is 13.8. The monoisotopic (exact) mass is 606 g/mol. The number of hydrogen-bond acceptors (Lipinski definition) is 7. The molecule has 5 rings (SSSR count). The van der Waals surface area contributed by atoms with E-state index in [1.165, 1.54) is 17.4 Å². The number of carbonyl (C=O) groups excluding carboxylic acids is 1. The average molecular weight is 608 g/mol. The van der Waals surface area contributed by atoms with Crippen LogP contribution < -0.4 is 14.9 Å². The Balaban J connectivity index is 1.61. The highest BCUT2D eigenvalue weighted by atomic mass is 79.9. The number of nitrogens with zero attached hydrogens (tertiary/aromatic N) is 2. The molecule has 1 unspecified atom stereocenters. The molecule has 192 valence electrons. The van der Waals surface area contributed by atoms with Crippen molar-refractivity contribution in [2.45, 2.75) is 17.9 Å². The zero-order valence-electron chi connectivity index (χ0n) is 20.6. The van der Waals surface area contributed by atoms with Crippen molar-refractivity contribution in [2.75, 3.05) is 12.9 Å². The zero-order valence-corrected chi connectivity index (χ0v) is 23.9. The fourth-order valence-corrected chi connectivity index (χ4v) is 5.92. The first-order valence-corrected chi connectivity index (χ1v) is 14.5. The molecule has 0 fully saturated rings. The second kappa shape index (κ2) is 11.1. The number of fused-ring (bicyclic) bond motifs is 1. The van der Waals surface area contributed by atoms with Crippen LogP contribution in [0.25, 0.3) is 17.4 Å². The van der Waals surface area contributed by atoms with E-state index in [-0.39, 0.29) is 12.2 Å². The van der Waals surface area contributed by atoms with E-state index in [4.69, 9.17) is 9.15 Å². The van der Waals surface area contributed by atoms with Crippen LogP contribution in [0.15, 0.2) is 108 Å². The molecule has 0 aliphatic carbocycles. The van der Waals surface area contributed by atoms with Crippen LogP contribution in [0.3, 0.4) is 0 Å². The number of aromatic nitrogens is 1. The van der Waals surface area contributed by atoms with Gasteiger partial charge < -0.3 is 9.15 Å². The van der Waals surface area contributed by atoms with Crippen molar-refractivity contribution in [1.82, 2.24) is 4.57 Å². The molecule has 1 aliphatic rings. The molecular weight excluding hydrogens is 584 g/mol. The second-order valence-electron chi connectivity index (χ2n) is 8.45. The summed E-state index contributed by atoms with van der Waals surface area (Å²) < 4.78 is 14.4. The molecule has 9 heteroatoms. The molecule has 1 atom stereocenters. The van der Waals surface area contributed by atoms with Gasteiger partial charge in [-0.1, -0.05) is 64.2 Å². The van der Waals surface area contributed by atoms with Gasteiger partial charge in [0.1, 0.15) is 18.1 Å². The van der Waals surface area contributed by atoms with E-state index >= 15 is 0 Å². The zero-order chi connectivity index (χ0) is 26.8. The van der Waals surface area contributed by atoms with Crippen molar-refractivity contribution in [3.63, 3.8) is 0 Å². The molecule has 0 spiro atoms. The summed E-state index contributed by atoms with van der Waals surface area (Å²) in [5.41, 5.74) is 2.32. The Labute approximate surface area is 235 Å². The van der Waals surface area contributed by atoms with Crippen LogP contribution >= 0.6 is 39.0 Å². The third kappa shape index (κ3) is 5.14. The van der Waals surface area contributed by atoms with Gasteiger partial charge in [-0.2, -0.15) is 0 Å². The molecule has 0 saturated carbocycles. The van der Waals surface area contributed by atoms with Gasteiger partial charge in [0.05, 0.1) is 21.8 Å². The third-order valence-corrected chi connectivity index (χ3v) is 8.29. The van der Waals surface area contributed by atoms with Gasteiger partial charge in [-0.05, 0) is 55.1 Å². The molecule has 0 N–H and O–H groups in total. The summed E-state index contributed by atoms with van der Waals surface area (Å²) in [5, 5.41) is 0. The third-order valence-electron chi connectivity index (χ3n) is 6.03. The van der Waals surface area contributed by atoms with Gasteiger partial charge in [0.25, 0.3) is 5.56 Å². The molecule has 1 aliphatic heterocycles. The van der Waals surface area contributed by atoms with Crippen molar-refractivity contribution < 1.29 is 13.9 Å². The predicted octanol–water partition coefficient (Wildman–Crippen LogP) is 5.71. The standard InChI is InChI=1S/C29H23BrN2O4S2/c1-4-15-35-28(34)25-17(2)31-29-32(26(25)19-7-12-22(37-3)13-8-19)27(33)24(38-29)16-21-11-14-23(36-21)18-5-9-20(30)10-6-18/h4-14,16,26H,1,15H2,2-3H3. The number of carbonyl (C=O) groups is 1. The largest absolute Gasteiger partial charge is 0.458 e. The van der Waals surface area contributed by atoms with Crippen molar-refractivity contribution in [1.29, 1.82) is 0 Å². The maximum atomic E-state index is 13.8. The summed E-state index contributed by atoms with van der Waals surface area (Å²) in [4.78, 5) is 33.1. The summed E-state index contributed by atoms with van der Waals surface area (Å²) in [6.07, 6.45) is 5.23. The summed E-state index contributed by atoms with van der Waals surface area (Å²) in [7, 11) is 0. The Kier molecular flexibility index (Phi) is 7.69. The van der Waals surface area contributed by atoms with Crippen LogP contribution in [0.2, 0.25) is 0 Å². The number of allylic oxidation sites excluding steroid dienone is 1. The maximum Gasteiger partial charge on any atom is 0.338 e. The van der Waals surface area contributed by atoms with Gasteiger partial charge >= 0.3 is 5.97 Å². The van der Waals surface area contributed by atoms with Gasteiger partial charge in [0, 0.05) is 21.0 Å². The predicted molar refractivity (Wildman–Crippen MR) is 155 cm³/mol. The molecule has 0 bridgehead atoms. The lowest BCUT2D eigenvalue weighted by molar-refractivity contribution is -0.138. The van der Waals surface area contributed by atoms with E-state index in [1.54, 1.807) is 29.3 Å². The number of furan rings is 1. The van der Waals surface area contributed by atoms with Gasteiger partial charge in [-0.15, -0.1) is 11.8 Å². The fourth-order valence-electron chi connectivity index (χ4n) is 4.23. The number of thiazole rings is 1. The molecule has 0 saturated heterocycles. The van der Waals surface area contributed by atoms with Crippen molar-refractivity contribution in [3.8, 4) is 11.3 Å². The fraction of sp³-hybridized carbons (Fsp3) is 0.138. The van der Waals surface area contributed by atoms with Gasteiger partial charge in [0.15, 0.2) is 4.80 Å². The van der Waals surface area contributed by atoms with Crippen molar-refractivity contribution >= 4 is 51.1 Å². The first kappa shape index (κ1) is 26.2. The molecule has 2 aromatic carbocycles. The van der Waals surface area contributed by atoms with E-state index in [0.717, 1.165) is 20.5 Å². The Morgan fingerprint density at radius 3 is 2.61 bits per heavy atom. The van der Waals surface area contributed by atoms with Crippen LogP contribution in [0.4, 0.5) is 0 Å². The number of esters is 1. The molecule has 3 heterocycles. The lowest BCUT2D eigenvalue weighted by Crippen LogP contribution is -2.39. The van der Waals surface area contributed by atoms with Crippen LogP contribution in [0, 0.1) is 0 Å². The number of benzene rings is 2. The number of halogens is 1. The number of thioether (sulfide) groups is 1. The molecular formula is C29H23BrN2O4S2. The highest BCUT2D eigenvalue weighted by molar-refractivity contribution is 9.10. The minimum atomic E-state index is -0.670. The Bertz CT molecular complexity index is 1730. The SMILES string of the molecule is C=CCOC(=O)C1=C(C)N=c2sc(=Cc3ccc(-c4ccc(Br)cc4)o3)c(=O)n2C1c1ccc(SC)cc1. The van der Waals surface area contributed by atoms with Gasteiger partial charge in [0.2, 0.25) is 0 Å². The lowest BCUT2D eigenvalue weighted by Gasteiger charge is -2.24. The molecule has 2 aromatic heterocycles. The number of rotatable bonds is 7. The Hall–Kier alpha value is -3.40. The molecule has 38 heavy (non-hydrogen) atoms. The van der Waals surface area contributed by atoms with E-state index in [0.29, 0.717) is 32.1 Å². The number of ether oxygens (including phenoxy) is 1. The van der Waals surface area contributed by atoms with Gasteiger partial charge in [-0.25, -0.2) is 9.79 Å². The van der Waals surface area contributed by atoms with Crippen LogP contribution in [-0.4, -0.2) is 23.4 Å². The summed E-state index contributed by atoms with van der Waals surface area (Å²) in [5.74, 6) is 0.728. The first-order chi connectivity index (χ1) is 18.4. The van der Waals surface area contributed by atoms with Crippen LogP contribution in [-0.2, 0) is 9.53 Å². The summed E-state index contributed by atoms with van der Waals surface area (Å²) in [6, 6.07) is 18.7. The molecule has 6 nitrogen and oxygen atoms in total. The topological polar surface area (TPSA) is 73.8 Å². The summed E-state index contributed by atoms with van der Waals surface area (Å²) in [6.45, 7) is 5.46. The van der Waals surface area contributed by atoms with E-state index in [1.807, 2.05) is 66.9 Å². The first-order valence-electron chi connectivity index (χ1n) is 11.7. The number of hydrogen-bond donors (Lipinski definition) is 0. The molecule has 4 aromatic rings. The quantitative estimate of drug-likeness (QED) is 0.153. The van der Waals surface area contributed by atoms with E-state index < -0.39 is 12.0 Å². The van der Waals surface area contributed by atoms with Crippen LogP contribution in [0.1, 0.15) is 24.3 Å². The minimum absolute atomic E-state index is 0.0668. The summed E-state index contributed by atoms with van der Waals surface area (Å²) >= 11 is 6.32. The minimum Gasteiger partial charge on any atom is -0.458 e. The Morgan fingerprint density at radius 2 is 1.92 bits per heavy atom. The molecule has 0 radical (unpaired) electrons. The van der Waals surface area contributed by atoms with Crippen LogP contribution in [0.5, 0.6) is 0 Å². The van der Waals surface area contributed by atoms with Crippen molar-refractivity contribution in [2.24, 2.45) is 4.99 Å². The van der Waals surface area contributed by atoms with Gasteiger partial charge in [-0.3, -0.25) is 9.36 Å².